The first-order valence-corrected chi connectivity index (χ1v) is 8.92. The summed E-state index contributed by atoms with van der Waals surface area (Å²) in [6.07, 6.45) is 4.59. The predicted octanol–water partition coefficient (Wildman–Crippen LogP) is 5.06. The molecule has 0 spiro atoms. The average Bonchev–Trinajstić information content (AvgIpc) is 2.64. The van der Waals surface area contributed by atoms with Crippen LogP contribution in [0.25, 0.3) is 10.9 Å². The maximum atomic E-state index is 12.7. The Hall–Kier alpha value is -2.95. The normalized spacial score (nSPS) is 10.7. The molecule has 0 fully saturated rings. The van der Waals surface area contributed by atoms with Gasteiger partial charge in [0.1, 0.15) is 5.52 Å². The molecule has 0 atom stereocenters. The number of fused-ring (bicyclic) bond motifs is 1. The zero-order valence-electron chi connectivity index (χ0n) is 15.4. The zero-order chi connectivity index (χ0) is 18.5. The largest absolute Gasteiger partial charge is 0.476 e. The third kappa shape index (κ3) is 3.52. The molecule has 134 valence electrons. The van der Waals surface area contributed by atoms with E-state index < -0.39 is 0 Å². The number of pyridine rings is 2. The lowest BCUT2D eigenvalue weighted by atomic mass is 10.0. The lowest BCUT2D eigenvalue weighted by molar-refractivity contribution is 0.0982. The fourth-order valence-corrected chi connectivity index (χ4v) is 2.90. The number of hydrogen-bond donors (Lipinski definition) is 1. The summed E-state index contributed by atoms with van der Waals surface area (Å²) in [6.45, 7) is 6.45. The van der Waals surface area contributed by atoms with E-state index in [1.807, 2.05) is 51.1 Å². The molecule has 0 bridgehead atoms. The highest BCUT2D eigenvalue weighted by molar-refractivity contribution is 6.09. The van der Waals surface area contributed by atoms with E-state index in [0.29, 0.717) is 30.0 Å². The average molecular weight is 349 g/mol. The van der Waals surface area contributed by atoms with Gasteiger partial charge in [0.2, 0.25) is 5.88 Å². The van der Waals surface area contributed by atoms with Gasteiger partial charge in [0.05, 0.1) is 17.9 Å². The maximum Gasteiger partial charge on any atom is 0.240 e. The second kappa shape index (κ2) is 7.95. The highest BCUT2D eigenvalue weighted by Gasteiger charge is 2.18. The molecule has 0 saturated carbocycles. The number of Topliss-reactive ketones (excluding diaryl/α,β-unsaturated/α-hetero) is 1. The Kier molecular flexibility index (Phi) is 5.46. The van der Waals surface area contributed by atoms with E-state index in [2.05, 4.69) is 15.3 Å². The number of ether oxygens (including phenoxy) is 1. The van der Waals surface area contributed by atoms with Crippen molar-refractivity contribution < 1.29 is 9.53 Å². The summed E-state index contributed by atoms with van der Waals surface area (Å²) in [4.78, 5) is 21.4. The molecular weight excluding hydrogens is 326 g/mol. The van der Waals surface area contributed by atoms with Crippen LogP contribution >= 0.6 is 0 Å². The van der Waals surface area contributed by atoms with Crippen molar-refractivity contribution in [3.8, 4) is 5.88 Å². The van der Waals surface area contributed by atoms with Crippen LogP contribution in [0.4, 0.5) is 11.4 Å². The first kappa shape index (κ1) is 17.9. The summed E-state index contributed by atoms with van der Waals surface area (Å²) in [5.41, 5.74) is 4.06. The van der Waals surface area contributed by atoms with Gasteiger partial charge in [-0.25, -0.2) is 9.97 Å². The first-order chi connectivity index (χ1) is 12.7. The topological polar surface area (TPSA) is 64.1 Å². The van der Waals surface area contributed by atoms with Crippen molar-refractivity contribution in [2.45, 2.75) is 33.6 Å². The molecule has 3 aromatic rings. The molecule has 0 amide bonds. The standard InChI is InChI=1S/C21H23N3O2/c1-4-8-18(25)16-13-23-20-15(11-12-22-21(20)26-5-2)19(16)24-17-10-7-6-9-14(17)3/h6-7,9-13H,4-5,8H2,1-3H3,(H,23,24). The zero-order valence-corrected chi connectivity index (χ0v) is 15.4. The molecule has 26 heavy (non-hydrogen) atoms. The minimum atomic E-state index is 0.0766. The molecule has 0 aliphatic heterocycles. The van der Waals surface area contributed by atoms with Gasteiger partial charge in [0.15, 0.2) is 5.78 Å². The first-order valence-electron chi connectivity index (χ1n) is 8.92. The molecule has 0 saturated heterocycles. The number of aryl methyl sites for hydroxylation is 1. The minimum Gasteiger partial charge on any atom is -0.476 e. The number of benzene rings is 1. The molecule has 2 aromatic heterocycles. The second-order valence-electron chi connectivity index (χ2n) is 6.11. The summed E-state index contributed by atoms with van der Waals surface area (Å²) < 4.78 is 5.61. The van der Waals surface area contributed by atoms with Gasteiger partial charge in [-0.15, -0.1) is 0 Å². The number of para-hydroxylation sites is 1. The van der Waals surface area contributed by atoms with Crippen molar-refractivity contribution in [3.63, 3.8) is 0 Å². The number of rotatable bonds is 7. The molecular formula is C21H23N3O2. The number of carbonyl (C=O) groups is 1. The SMILES string of the molecule is CCCC(=O)c1cnc2c(OCC)nccc2c1Nc1ccccc1C. The molecule has 3 rings (SSSR count). The van der Waals surface area contributed by atoms with Crippen molar-refractivity contribution >= 4 is 28.1 Å². The van der Waals surface area contributed by atoms with E-state index in [4.69, 9.17) is 4.74 Å². The number of ketones is 1. The lowest BCUT2D eigenvalue weighted by Crippen LogP contribution is -2.07. The highest BCUT2D eigenvalue weighted by Crippen LogP contribution is 2.33. The molecule has 2 heterocycles. The van der Waals surface area contributed by atoms with Crippen LogP contribution < -0.4 is 10.1 Å². The van der Waals surface area contributed by atoms with Crippen LogP contribution in [-0.2, 0) is 0 Å². The molecule has 0 aliphatic rings. The van der Waals surface area contributed by atoms with E-state index >= 15 is 0 Å². The number of hydrogen-bond acceptors (Lipinski definition) is 5. The lowest BCUT2D eigenvalue weighted by Gasteiger charge is -2.16. The Balaban J connectivity index is 2.20. The second-order valence-corrected chi connectivity index (χ2v) is 6.11. The van der Waals surface area contributed by atoms with Gasteiger partial charge in [-0.2, -0.15) is 0 Å². The van der Waals surface area contributed by atoms with E-state index in [9.17, 15) is 4.79 Å². The van der Waals surface area contributed by atoms with Crippen molar-refractivity contribution in [3.05, 3.63) is 53.9 Å². The fourth-order valence-electron chi connectivity index (χ4n) is 2.90. The van der Waals surface area contributed by atoms with Crippen LogP contribution in [0.3, 0.4) is 0 Å². The Bertz CT molecular complexity index is 938. The number of nitrogens with zero attached hydrogens (tertiary/aromatic N) is 2. The van der Waals surface area contributed by atoms with E-state index in [-0.39, 0.29) is 5.78 Å². The monoisotopic (exact) mass is 349 g/mol. The van der Waals surface area contributed by atoms with E-state index in [1.54, 1.807) is 12.4 Å². The third-order valence-electron chi connectivity index (χ3n) is 4.22. The highest BCUT2D eigenvalue weighted by atomic mass is 16.5. The summed E-state index contributed by atoms with van der Waals surface area (Å²) in [6, 6.07) is 9.87. The van der Waals surface area contributed by atoms with Crippen molar-refractivity contribution in [1.82, 2.24) is 9.97 Å². The minimum absolute atomic E-state index is 0.0766. The molecule has 0 aliphatic carbocycles. The van der Waals surface area contributed by atoms with Crippen LogP contribution in [0.1, 0.15) is 42.6 Å². The maximum absolute atomic E-state index is 12.7. The Labute approximate surface area is 153 Å². The number of anilines is 2. The molecule has 5 heteroatoms. The van der Waals surface area contributed by atoms with Gasteiger partial charge in [0, 0.05) is 29.9 Å². The molecule has 0 radical (unpaired) electrons. The van der Waals surface area contributed by atoms with Gasteiger partial charge in [-0.3, -0.25) is 4.79 Å². The summed E-state index contributed by atoms with van der Waals surface area (Å²) in [5.74, 6) is 0.556. The fraction of sp³-hybridized carbons (Fsp3) is 0.286. The Morgan fingerprint density at radius 3 is 2.69 bits per heavy atom. The predicted molar refractivity (Wildman–Crippen MR) is 104 cm³/mol. The molecule has 0 unspecified atom stereocenters. The quantitative estimate of drug-likeness (QED) is 0.604. The van der Waals surface area contributed by atoms with Crippen molar-refractivity contribution in [2.24, 2.45) is 0 Å². The van der Waals surface area contributed by atoms with Crippen molar-refractivity contribution in [1.29, 1.82) is 0 Å². The van der Waals surface area contributed by atoms with Gasteiger partial charge in [-0.05, 0) is 38.0 Å². The number of carbonyl (C=O) groups excluding carboxylic acids is 1. The van der Waals surface area contributed by atoms with Gasteiger partial charge in [0.25, 0.3) is 0 Å². The Morgan fingerprint density at radius 1 is 1.15 bits per heavy atom. The summed E-state index contributed by atoms with van der Waals surface area (Å²) in [7, 11) is 0. The summed E-state index contributed by atoms with van der Waals surface area (Å²) in [5, 5.41) is 4.28. The molecule has 5 nitrogen and oxygen atoms in total. The van der Waals surface area contributed by atoms with Gasteiger partial charge < -0.3 is 10.1 Å². The van der Waals surface area contributed by atoms with Crippen LogP contribution in [0, 0.1) is 6.92 Å². The third-order valence-corrected chi connectivity index (χ3v) is 4.22. The molecule has 1 N–H and O–H groups in total. The van der Waals surface area contributed by atoms with Crippen LogP contribution in [0.5, 0.6) is 5.88 Å². The van der Waals surface area contributed by atoms with Gasteiger partial charge >= 0.3 is 0 Å². The summed E-state index contributed by atoms with van der Waals surface area (Å²) >= 11 is 0. The van der Waals surface area contributed by atoms with E-state index in [1.165, 1.54) is 0 Å². The van der Waals surface area contributed by atoms with Crippen LogP contribution in [0.2, 0.25) is 0 Å². The van der Waals surface area contributed by atoms with Crippen LogP contribution in [0.15, 0.2) is 42.7 Å². The van der Waals surface area contributed by atoms with Crippen molar-refractivity contribution in [2.75, 3.05) is 11.9 Å². The Morgan fingerprint density at radius 2 is 1.96 bits per heavy atom. The number of aromatic nitrogens is 2. The number of nitrogens with one attached hydrogen (secondary N) is 1. The van der Waals surface area contributed by atoms with E-state index in [0.717, 1.165) is 28.7 Å². The van der Waals surface area contributed by atoms with Crippen LogP contribution in [-0.4, -0.2) is 22.4 Å². The molecule has 1 aromatic carbocycles. The van der Waals surface area contributed by atoms with Gasteiger partial charge in [-0.1, -0.05) is 25.1 Å². The smallest absolute Gasteiger partial charge is 0.240 e.